The van der Waals surface area contributed by atoms with Crippen molar-refractivity contribution in [2.45, 2.75) is 6.54 Å². The number of carbonyl (C=O) groups excluding carboxylic acids is 1. The number of nitrogens with one attached hydrogen (secondary N) is 1. The smallest absolute Gasteiger partial charge is 0.267 e. The largest absolute Gasteiger partial charge is 0.277 e. The SMILES string of the molecule is CONC(=O)C=Cc1cn(Cc2ccccc2)nn1. The third-order valence-electron chi connectivity index (χ3n) is 2.35. The van der Waals surface area contributed by atoms with E-state index in [-0.39, 0.29) is 5.91 Å². The van der Waals surface area contributed by atoms with E-state index >= 15 is 0 Å². The predicted octanol–water partition coefficient (Wildman–Crippen LogP) is 1.02. The molecular formula is C13H14N4O2. The second-order valence-electron chi connectivity index (χ2n) is 3.83. The van der Waals surface area contributed by atoms with Crippen molar-refractivity contribution in [1.82, 2.24) is 20.5 Å². The number of carbonyl (C=O) groups is 1. The van der Waals surface area contributed by atoms with Gasteiger partial charge in [0, 0.05) is 6.08 Å². The summed E-state index contributed by atoms with van der Waals surface area (Å²) in [6.07, 6.45) is 4.67. The number of hydrogen-bond donors (Lipinski definition) is 1. The zero-order valence-electron chi connectivity index (χ0n) is 10.5. The van der Waals surface area contributed by atoms with Crippen molar-refractivity contribution < 1.29 is 9.63 Å². The molecule has 0 spiro atoms. The van der Waals surface area contributed by atoms with Crippen molar-refractivity contribution in [1.29, 1.82) is 0 Å². The molecule has 19 heavy (non-hydrogen) atoms. The Balaban J connectivity index is 1.97. The molecular weight excluding hydrogens is 244 g/mol. The standard InChI is InChI=1S/C13H14N4O2/c1-19-15-13(18)8-7-12-10-17(16-14-12)9-11-5-3-2-4-6-11/h2-8,10H,9H2,1H3,(H,15,18). The molecule has 2 rings (SSSR count). The van der Waals surface area contributed by atoms with Gasteiger partial charge < -0.3 is 0 Å². The van der Waals surface area contributed by atoms with E-state index in [2.05, 4.69) is 20.6 Å². The lowest BCUT2D eigenvalue weighted by Gasteiger charge is -1.98. The number of benzene rings is 1. The molecule has 2 aromatic rings. The summed E-state index contributed by atoms with van der Waals surface area (Å²) in [6.45, 7) is 0.645. The predicted molar refractivity (Wildman–Crippen MR) is 69.8 cm³/mol. The Bertz CT molecular complexity index is 563. The molecule has 6 nitrogen and oxygen atoms in total. The maximum atomic E-state index is 11.1. The van der Waals surface area contributed by atoms with Crippen molar-refractivity contribution in [3.05, 3.63) is 53.9 Å². The van der Waals surface area contributed by atoms with Gasteiger partial charge in [0.25, 0.3) is 5.91 Å². The molecule has 0 aliphatic rings. The lowest BCUT2D eigenvalue weighted by molar-refractivity contribution is -0.126. The van der Waals surface area contributed by atoms with Gasteiger partial charge in [-0.3, -0.25) is 9.63 Å². The zero-order chi connectivity index (χ0) is 13.5. The van der Waals surface area contributed by atoms with Crippen molar-refractivity contribution in [3.63, 3.8) is 0 Å². The summed E-state index contributed by atoms with van der Waals surface area (Å²) in [6, 6.07) is 9.95. The van der Waals surface area contributed by atoms with Gasteiger partial charge in [0.05, 0.1) is 19.9 Å². The summed E-state index contributed by atoms with van der Waals surface area (Å²) in [4.78, 5) is 15.6. The van der Waals surface area contributed by atoms with Gasteiger partial charge in [0.1, 0.15) is 5.69 Å². The van der Waals surface area contributed by atoms with Gasteiger partial charge in [-0.2, -0.15) is 0 Å². The van der Waals surface area contributed by atoms with Gasteiger partial charge in [0.2, 0.25) is 0 Å². The van der Waals surface area contributed by atoms with Crippen LogP contribution in [0.15, 0.2) is 42.6 Å². The summed E-state index contributed by atoms with van der Waals surface area (Å²) in [5.41, 5.74) is 3.93. The van der Waals surface area contributed by atoms with E-state index in [0.717, 1.165) is 5.56 Å². The van der Waals surface area contributed by atoms with Gasteiger partial charge in [0.15, 0.2) is 0 Å². The minimum atomic E-state index is -0.347. The number of nitrogens with zero attached hydrogens (tertiary/aromatic N) is 3. The van der Waals surface area contributed by atoms with Gasteiger partial charge >= 0.3 is 0 Å². The molecule has 1 aromatic heterocycles. The lowest BCUT2D eigenvalue weighted by Crippen LogP contribution is -2.18. The van der Waals surface area contributed by atoms with Crippen LogP contribution in [0.3, 0.4) is 0 Å². The van der Waals surface area contributed by atoms with Crippen LogP contribution >= 0.6 is 0 Å². The summed E-state index contributed by atoms with van der Waals surface area (Å²) in [7, 11) is 1.38. The minimum absolute atomic E-state index is 0.347. The van der Waals surface area contributed by atoms with Crippen LogP contribution in [-0.4, -0.2) is 28.0 Å². The number of hydrogen-bond acceptors (Lipinski definition) is 4. The molecule has 98 valence electrons. The average molecular weight is 258 g/mol. The molecule has 1 aromatic carbocycles. The highest BCUT2D eigenvalue weighted by molar-refractivity contribution is 5.90. The van der Waals surface area contributed by atoms with Crippen LogP contribution < -0.4 is 5.48 Å². The maximum Gasteiger partial charge on any atom is 0.267 e. The molecule has 0 unspecified atom stereocenters. The number of hydroxylamine groups is 1. The third kappa shape index (κ3) is 4.04. The van der Waals surface area contributed by atoms with Crippen LogP contribution in [-0.2, 0) is 16.2 Å². The van der Waals surface area contributed by atoms with Crippen LogP contribution in [0.4, 0.5) is 0 Å². The number of aromatic nitrogens is 3. The highest BCUT2D eigenvalue weighted by Crippen LogP contribution is 2.03. The van der Waals surface area contributed by atoms with Crippen molar-refractivity contribution >= 4 is 12.0 Å². The van der Waals surface area contributed by atoms with E-state index < -0.39 is 0 Å². The fourth-order valence-corrected chi connectivity index (χ4v) is 1.53. The van der Waals surface area contributed by atoms with Crippen LogP contribution in [0.1, 0.15) is 11.3 Å². The van der Waals surface area contributed by atoms with Crippen LogP contribution in [0.5, 0.6) is 0 Å². The van der Waals surface area contributed by atoms with E-state index in [0.29, 0.717) is 12.2 Å². The quantitative estimate of drug-likeness (QED) is 0.642. The van der Waals surface area contributed by atoms with E-state index in [1.807, 2.05) is 30.3 Å². The molecule has 0 bridgehead atoms. The zero-order valence-corrected chi connectivity index (χ0v) is 10.5. The molecule has 1 N–H and O–H groups in total. The van der Waals surface area contributed by atoms with Crippen LogP contribution in [0.25, 0.3) is 6.08 Å². The van der Waals surface area contributed by atoms with Gasteiger partial charge in [-0.05, 0) is 11.6 Å². The van der Waals surface area contributed by atoms with Gasteiger partial charge in [-0.25, -0.2) is 10.2 Å². The molecule has 6 heteroatoms. The highest BCUT2D eigenvalue weighted by atomic mass is 16.6. The molecule has 0 radical (unpaired) electrons. The molecule has 0 saturated carbocycles. The molecule has 0 saturated heterocycles. The molecule has 0 atom stereocenters. The Morgan fingerprint density at radius 2 is 2.21 bits per heavy atom. The topological polar surface area (TPSA) is 69.0 Å². The second-order valence-corrected chi connectivity index (χ2v) is 3.83. The fourth-order valence-electron chi connectivity index (χ4n) is 1.53. The van der Waals surface area contributed by atoms with E-state index in [4.69, 9.17) is 0 Å². The normalized spacial score (nSPS) is 10.8. The first-order valence-electron chi connectivity index (χ1n) is 5.73. The second kappa shape index (κ2) is 6.46. The Kier molecular flexibility index (Phi) is 4.41. The third-order valence-corrected chi connectivity index (χ3v) is 2.35. The Morgan fingerprint density at radius 1 is 1.42 bits per heavy atom. The first-order chi connectivity index (χ1) is 9.28. The van der Waals surface area contributed by atoms with Gasteiger partial charge in [-0.15, -0.1) is 5.10 Å². The van der Waals surface area contributed by atoms with Crippen molar-refractivity contribution in [2.75, 3.05) is 7.11 Å². The fraction of sp³-hybridized carbons (Fsp3) is 0.154. The monoisotopic (exact) mass is 258 g/mol. The van der Waals surface area contributed by atoms with E-state index in [9.17, 15) is 4.79 Å². The maximum absolute atomic E-state index is 11.1. The average Bonchev–Trinajstić information content (AvgIpc) is 2.86. The van der Waals surface area contributed by atoms with Gasteiger partial charge in [-0.1, -0.05) is 35.5 Å². The van der Waals surface area contributed by atoms with E-state index in [1.54, 1.807) is 17.0 Å². The molecule has 0 aliphatic carbocycles. The lowest BCUT2D eigenvalue weighted by atomic mass is 10.2. The van der Waals surface area contributed by atoms with Crippen molar-refractivity contribution in [3.8, 4) is 0 Å². The first-order valence-corrected chi connectivity index (χ1v) is 5.73. The number of amides is 1. The van der Waals surface area contributed by atoms with Crippen LogP contribution in [0.2, 0.25) is 0 Å². The molecule has 0 fully saturated rings. The summed E-state index contributed by atoms with van der Waals surface area (Å²) >= 11 is 0. The summed E-state index contributed by atoms with van der Waals surface area (Å²) < 4.78 is 1.71. The Morgan fingerprint density at radius 3 is 2.95 bits per heavy atom. The minimum Gasteiger partial charge on any atom is -0.277 e. The van der Waals surface area contributed by atoms with E-state index in [1.165, 1.54) is 13.2 Å². The molecule has 0 aliphatic heterocycles. The molecule has 1 heterocycles. The first kappa shape index (κ1) is 13.0. The summed E-state index contributed by atoms with van der Waals surface area (Å²) in [5.74, 6) is -0.347. The Hall–Kier alpha value is -2.47. The number of rotatable bonds is 5. The summed E-state index contributed by atoms with van der Waals surface area (Å²) in [5, 5.41) is 7.94. The van der Waals surface area contributed by atoms with Crippen molar-refractivity contribution in [2.24, 2.45) is 0 Å². The Labute approximate surface area is 110 Å². The molecule has 1 amide bonds. The van der Waals surface area contributed by atoms with Crippen LogP contribution in [0, 0.1) is 0 Å². The highest BCUT2D eigenvalue weighted by Gasteiger charge is 1.99.